The van der Waals surface area contributed by atoms with Crippen LogP contribution in [0.2, 0.25) is 0 Å². The molecule has 2 rings (SSSR count). The van der Waals surface area contributed by atoms with Crippen LogP contribution in [0.4, 0.5) is 0 Å². The van der Waals surface area contributed by atoms with E-state index < -0.39 is 0 Å². The summed E-state index contributed by atoms with van der Waals surface area (Å²) in [5.41, 5.74) is 2.36. The molecular weight excluding hydrogens is 288 g/mol. The predicted molar refractivity (Wildman–Crippen MR) is 90.6 cm³/mol. The Balaban J connectivity index is 1.94. The van der Waals surface area contributed by atoms with Crippen LogP contribution >= 0.6 is 0 Å². The molecule has 0 saturated heterocycles. The second-order valence-electron chi connectivity index (χ2n) is 5.01. The van der Waals surface area contributed by atoms with Gasteiger partial charge in [0.05, 0.1) is 11.8 Å². The van der Waals surface area contributed by atoms with Gasteiger partial charge in [-0.1, -0.05) is 48.5 Å². The Labute approximate surface area is 136 Å². The summed E-state index contributed by atoms with van der Waals surface area (Å²) in [6.45, 7) is 4.14. The van der Waals surface area contributed by atoms with E-state index in [1.54, 1.807) is 36.6 Å². The molecule has 0 atom stereocenters. The first-order valence-corrected chi connectivity index (χ1v) is 7.47. The Morgan fingerprint density at radius 1 is 1.00 bits per heavy atom. The number of allylic oxidation sites excluding steroid dienone is 2. The number of ether oxygens (including phenoxy) is 2. The second kappa shape index (κ2) is 8.59. The summed E-state index contributed by atoms with van der Waals surface area (Å²) in [6, 6.07) is 18.8. The number of benzene rings is 2. The molecule has 23 heavy (non-hydrogen) atoms. The Morgan fingerprint density at radius 2 is 1.61 bits per heavy atom. The summed E-state index contributed by atoms with van der Waals surface area (Å²) >= 11 is 0. The van der Waals surface area contributed by atoms with Crippen LogP contribution in [0.5, 0.6) is 0 Å². The van der Waals surface area contributed by atoms with Gasteiger partial charge >= 0.3 is 5.97 Å². The first kappa shape index (κ1) is 16.6. The number of rotatable bonds is 6. The van der Waals surface area contributed by atoms with Gasteiger partial charge in [0.1, 0.15) is 12.4 Å². The standard InChI is InChI=1S/C20H20O3/c1-3-19(23-20(21)18-12-8-5-9-13-18)16(2)14-22-15-17-10-6-4-7-11-17/h3-14H,15H2,1-2H3/b16-14+,19-3-. The van der Waals surface area contributed by atoms with E-state index in [1.165, 1.54) is 0 Å². The topological polar surface area (TPSA) is 35.5 Å². The van der Waals surface area contributed by atoms with Gasteiger partial charge in [0, 0.05) is 5.57 Å². The van der Waals surface area contributed by atoms with E-state index in [0.29, 0.717) is 17.9 Å². The zero-order chi connectivity index (χ0) is 16.5. The fourth-order valence-corrected chi connectivity index (χ4v) is 2.00. The molecule has 0 spiro atoms. The van der Waals surface area contributed by atoms with Crippen LogP contribution in [0.3, 0.4) is 0 Å². The number of carbonyl (C=O) groups excluding carboxylic acids is 1. The van der Waals surface area contributed by atoms with Crippen LogP contribution in [-0.2, 0) is 16.1 Å². The fraction of sp³-hybridized carbons (Fsp3) is 0.150. The quantitative estimate of drug-likeness (QED) is 0.434. The minimum absolute atomic E-state index is 0.380. The van der Waals surface area contributed by atoms with Gasteiger partial charge < -0.3 is 9.47 Å². The number of carbonyl (C=O) groups is 1. The molecule has 0 aliphatic carbocycles. The SMILES string of the molecule is C/C=C(OC(=O)c1ccccc1)/C(C)=C/OCc1ccccc1. The highest BCUT2D eigenvalue weighted by molar-refractivity contribution is 5.90. The van der Waals surface area contributed by atoms with E-state index in [-0.39, 0.29) is 5.97 Å². The summed E-state index contributed by atoms with van der Waals surface area (Å²) in [6.07, 6.45) is 3.36. The van der Waals surface area contributed by atoms with Crippen LogP contribution in [0.25, 0.3) is 0 Å². The summed E-state index contributed by atoms with van der Waals surface area (Å²) < 4.78 is 11.0. The van der Waals surface area contributed by atoms with Crippen LogP contribution in [0, 0.1) is 0 Å². The molecule has 0 heterocycles. The summed E-state index contributed by atoms with van der Waals surface area (Å²) in [7, 11) is 0. The molecule has 2 aromatic rings. The lowest BCUT2D eigenvalue weighted by Crippen LogP contribution is -2.06. The maximum absolute atomic E-state index is 12.1. The van der Waals surface area contributed by atoms with Crippen LogP contribution in [0.1, 0.15) is 29.8 Å². The van der Waals surface area contributed by atoms with Gasteiger partial charge in [-0.15, -0.1) is 0 Å². The first-order valence-electron chi connectivity index (χ1n) is 7.47. The first-order chi connectivity index (χ1) is 11.2. The molecule has 0 amide bonds. The molecule has 0 aliphatic rings. The van der Waals surface area contributed by atoms with Gasteiger partial charge in [0.2, 0.25) is 0 Å². The molecule has 118 valence electrons. The summed E-state index contributed by atoms with van der Waals surface area (Å²) in [4.78, 5) is 12.1. The molecule has 0 saturated carbocycles. The highest BCUT2D eigenvalue weighted by Crippen LogP contribution is 2.15. The lowest BCUT2D eigenvalue weighted by Gasteiger charge is -2.09. The van der Waals surface area contributed by atoms with Crippen molar-refractivity contribution in [1.29, 1.82) is 0 Å². The van der Waals surface area contributed by atoms with Gasteiger partial charge in [-0.25, -0.2) is 4.79 Å². The van der Waals surface area contributed by atoms with E-state index in [2.05, 4.69) is 0 Å². The minimum Gasteiger partial charge on any atom is -0.496 e. The van der Waals surface area contributed by atoms with E-state index in [1.807, 2.05) is 50.2 Å². The van der Waals surface area contributed by atoms with Crippen molar-refractivity contribution >= 4 is 5.97 Å². The number of hydrogen-bond donors (Lipinski definition) is 0. The minimum atomic E-state index is -0.380. The zero-order valence-corrected chi connectivity index (χ0v) is 13.4. The molecule has 0 radical (unpaired) electrons. The average molecular weight is 308 g/mol. The molecular formula is C20H20O3. The third-order valence-electron chi connectivity index (χ3n) is 3.22. The third-order valence-corrected chi connectivity index (χ3v) is 3.22. The highest BCUT2D eigenvalue weighted by Gasteiger charge is 2.10. The molecule has 3 heteroatoms. The van der Waals surface area contributed by atoms with Gasteiger partial charge in [-0.2, -0.15) is 0 Å². The molecule has 0 N–H and O–H groups in total. The second-order valence-corrected chi connectivity index (χ2v) is 5.01. The third kappa shape index (κ3) is 5.15. The van der Waals surface area contributed by atoms with E-state index >= 15 is 0 Å². The van der Waals surface area contributed by atoms with E-state index in [4.69, 9.17) is 9.47 Å². The molecule has 0 fully saturated rings. The van der Waals surface area contributed by atoms with Crippen LogP contribution in [-0.4, -0.2) is 5.97 Å². The van der Waals surface area contributed by atoms with Crippen molar-refractivity contribution in [2.45, 2.75) is 20.5 Å². The largest absolute Gasteiger partial charge is 0.496 e. The maximum Gasteiger partial charge on any atom is 0.343 e. The molecule has 0 aliphatic heterocycles. The smallest absolute Gasteiger partial charge is 0.343 e. The fourth-order valence-electron chi connectivity index (χ4n) is 2.00. The zero-order valence-electron chi connectivity index (χ0n) is 13.4. The van der Waals surface area contributed by atoms with Crippen molar-refractivity contribution in [2.24, 2.45) is 0 Å². The molecule has 0 bridgehead atoms. The molecule has 2 aromatic carbocycles. The van der Waals surface area contributed by atoms with Gasteiger partial charge in [-0.05, 0) is 37.6 Å². The number of hydrogen-bond acceptors (Lipinski definition) is 3. The average Bonchev–Trinajstić information content (AvgIpc) is 2.61. The van der Waals surface area contributed by atoms with Gasteiger partial charge in [0.15, 0.2) is 0 Å². The molecule has 3 nitrogen and oxygen atoms in total. The summed E-state index contributed by atoms with van der Waals surface area (Å²) in [5.74, 6) is 0.112. The van der Waals surface area contributed by atoms with Crippen molar-refractivity contribution < 1.29 is 14.3 Å². The molecule has 0 aromatic heterocycles. The Bertz CT molecular complexity index is 685. The normalized spacial score (nSPS) is 11.9. The Kier molecular flexibility index (Phi) is 6.18. The lowest BCUT2D eigenvalue weighted by atomic mass is 10.2. The lowest BCUT2D eigenvalue weighted by molar-refractivity contribution is 0.0630. The van der Waals surface area contributed by atoms with Crippen molar-refractivity contribution in [3.63, 3.8) is 0 Å². The van der Waals surface area contributed by atoms with Crippen LogP contribution < -0.4 is 0 Å². The Morgan fingerprint density at radius 3 is 2.22 bits per heavy atom. The van der Waals surface area contributed by atoms with Crippen LogP contribution in [0.15, 0.2) is 84.3 Å². The van der Waals surface area contributed by atoms with Gasteiger partial charge in [-0.3, -0.25) is 0 Å². The van der Waals surface area contributed by atoms with Crippen molar-refractivity contribution in [1.82, 2.24) is 0 Å². The monoisotopic (exact) mass is 308 g/mol. The number of esters is 1. The Hall–Kier alpha value is -2.81. The van der Waals surface area contributed by atoms with E-state index in [9.17, 15) is 4.79 Å². The summed E-state index contributed by atoms with van der Waals surface area (Å²) in [5, 5.41) is 0. The maximum atomic E-state index is 12.1. The highest BCUT2D eigenvalue weighted by atomic mass is 16.5. The van der Waals surface area contributed by atoms with E-state index in [0.717, 1.165) is 11.1 Å². The predicted octanol–water partition coefficient (Wildman–Crippen LogP) is 4.87. The van der Waals surface area contributed by atoms with Crippen molar-refractivity contribution in [3.05, 3.63) is 95.5 Å². The van der Waals surface area contributed by atoms with Crippen molar-refractivity contribution in [2.75, 3.05) is 0 Å². The molecule has 0 unspecified atom stereocenters. The van der Waals surface area contributed by atoms with Gasteiger partial charge in [0.25, 0.3) is 0 Å². The van der Waals surface area contributed by atoms with Crippen molar-refractivity contribution in [3.8, 4) is 0 Å².